The lowest BCUT2D eigenvalue weighted by Gasteiger charge is -2.12. The van der Waals surface area contributed by atoms with E-state index in [1.54, 1.807) is 37.3 Å². The van der Waals surface area contributed by atoms with Gasteiger partial charge in [-0.2, -0.15) is 0 Å². The topological polar surface area (TPSA) is 114 Å². The molecule has 0 aliphatic carbocycles. The SMILES string of the molecule is CCOC(=O)c1ccc2nc(NC(=O)c3ccccc3NS(=O)(=O)c3ccc(Cl)cc3)sc2c1. The average Bonchev–Trinajstić information content (AvgIpc) is 3.21. The van der Waals surface area contributed by atoms with Gasteiger partial charge in [-0.05, 0) is 61.5 Å². The highest BCUT2D eigenvalue weighted by molar-refractivity contribution is 7.92. The van der Waals surface area contributed by atoms with Crippen LogP contribution in [0.3, 0.4) is 0 Å². The number of benzene rings is 3. The Labute approximate surface area is 204 Å². The lowest BCUT2D eigenvalue weighted by molar-refractivity contribution is 0.0526. The van der Waals surface area contributed by atoms with Gasteiger partial charge in [-0.1, -0.05) is 35.1 Å². The van der Waals surface area contributed by atoms with Gasteiger partial charge in [0.1, 0.15) is 0 Å². The van der Waals surface area contributed by atoms with E-state index in [1.807, 2.05) is 0 Å². The summed E-state index contributed by atoms with van der Waals surface area (Å²) in [5.74, 6) is -0.982. The molecular weight excluding hydrogens is 498 g/mol. The molecule has 4 rings (SSSR count). The van der Waals surface area contributed by atoms with Crippen molar-refractivity contribution in [2.45, 2.75) is 11.8 Å². The van der Waals surface area contributed by atoms with Crippen molar-refractivity contribution in [3.63, 3.8) is 0 Å². The number of esters is 1. The molecule has 174 valence electrons. The minimum absolute atomic E-state index is 0.00990. The number of rotatable bonds is 7. The number of nitrogens with zero attached hydrogens (tertiary/aromatic N) is 1. The molecule has 0 bridgehead atoms. The first-order chi connectivity index (χ1) is 16.3. The largest absolute Gasteiger partial charge is 0.462 e. The zero-order valence-corrected chi connectivity index (χ0v) is 20.1. The summed E-state index contributed by atoms with van der Waals surface area (Å²) in [5.41, 5.74) is 1.22. The summed E-state index contributed by atoms with van der Waals surface area (Å²) in [4.78, 5) is 29.3. The number of carbonyl (C=O) groups is 2. The van der Waals surface area contributed by atoms with Crippen LogP contribution in [0.5, 0.6) is 0 Å². The first-order valence-corrected chi connectivity index (χ1v) is 12.7. The van der Waals surface area contributed by atoms with Gasteiger partial charge in [-0.3, -0.25) is 14.8 Å². The summed E-state index contributed by atoms with van der Waals surface area (Å²) >= 11 is 7.02. The predicted molar refractivity (Wildman–Crippen MR) is 132 cm³/mol. The highest BCUT2D eigenvalue weighted by Gasteiger charge is 2.20. The molecule has 0 saturated heterocycles. The van der Waals surface area contributed by atoms with Crippen molar-refractivity contribution in [1.82, 2.24) is 4.98 Å². The molecule has 0 atom stereocenters. The molecule has 1 aromatic heterocycles. The lowest BCUT2D eigenvalue weighted by atomic mass is 10.2. The monoisotopic (exact) mass is 515 g/mol. The second kappa shape index (κ2) is 9.80. The van der Waals surface area contributed by atoms with Gasteiger partial charge >= 0.3 is 5.97 Å². The van der Waals surface area contributed by atoms with Gasteiger partial charge in [-0.15, -0.1) is 0 Å². The van der Waals surface area contributed by atoms with Gasteiger partial charge in [0.25, 0.3) is 15.9 Å². The number of aromatic nitrogens is 1. The smallest absolute Gasteiger partial charge is 0.338 e. The molecule has 34 heavy (non-hydrogen) atoms. The van der Waals surface area contributed by atoms with E-state index >= 15 is 0 Å². The zero-order valence-electron chi connectivity index (χ0n) is 17.7. The first-order valence-electron chi connectivity index (χ1n) is 10.0. The third-order valence-corrected chi connectivity index (χ3v) is 7.23. The van der Waals surface area contributed by atoms with E-state index < -0.39 is 21.9 Å². The van der Waals surface area contributed by atoms with E-state index in [2.05, 4.69) is 15.0 Å². The molecule has 0 aliphatic heterocycles. The molecule has 3 aromatic carbocycles. The van der Waals surface area contributed by atoms with Gasteiger partial charge in [0.15, 0.2) is 5.13 Å². The first kappa shape index (κ1) is 23.7. The highest BCUT2D eigenvalue weighted by atomic mass is 35.5. The molecule has 11 heteroatoms. The van der Waals surface area contributed by atoms with E-state index in [4.69, 9.17) is 16.3 Å². The summed E-state index contributed by atoms with van der Waals surface area (Å²) < 4.78 is 33.7. The number of sulfonamides is 1. The van der Waals surface area contributed by atoms with Crippen LogP contribution in [0, 0.1) is 0 Å². The van der Waals surface area contributed by atoms with Crippen LogP contribution < -0.4 is 10.0 Å². The van der Waals surface area contributed by atoms with Crippen LogP contribution in [0.15, 0.2) is 71.6 Å². The number of ether oxygens (including phenoxy) is 1. The van der Waals surface area contributed by atoms with Gasteiger partial charge in [0.05, 0.1) is 38.5 Å². The third kappa shape index (κ3) is 5.19. The molecule has 2 N–H and O–H groups in total. The van der Waals surface area contributed by atoms with E-state index in [0.29, 0.717) is 25.9 Å². The Balaban J connectivity index is 1.57. The highest BCUT2D eigenvalue weighted by Crippen LogP contribution is 2.28. The number of thiazole rings is 1. The molecule has 0 saturated carbocycles. The van der Waals surface area contributed by atoms with Crippen LogP contribution in [0.4, 0.5) is 10.8 Å². The Kier molecular flexibility index (Phi) is 6.82. The number of hydrogen-bond donors (Lipinski definition) is 2. The maximum atomic E-state index is 13.0. The number of nitrogens with one attached hydrogen (secondary N) is 2. The number of para-hydroxylation sites is 1. The van der Waals surface area contributed by atoms with Crippen molar-refractivity contribution in [3.8, 4) is 0 Å². The number of anilines is 2. The Morgan fingerprint density at radius 2 is 1.79 bits per heavy atom. The van der Waals surface area contributed by atoms with Crippen molar-refractivity contribution in [2.24, 2.45) is 0 Å². The standard InChI is InChI=1S/C23H18ClN3O5S2/c1-2-32-22(29)14-7-12-19-20(13-14)33-23(25-19)26-21(28)17-5-3-4-6-18(17)27-34(30,31)16-10-8-15(24)9-11-16/h3-13,27H,2H2,1H3,(H,25,26,28). The number of halogens is 1. The van der Waals surface area contributed by atoms with Crippen molar-refractivity contribution in [1.29, 1.82) is 0 Å². The average molecular weight is 516 g/mol. The van der Waals surface area contributed by atoms with E-state index in [-0.39, 0.29) is 22.8 Å². The van der Waals surface area contributed by atoms with Gasteiger partial charge < -0.3 is 4.74 Å². The number of amides is 1. The van der Waals surface area contributed by atoms with Crippen molar-refractivity contribution in [2.75, 3.05) is 16.6 Å². The van der Waals surface area contributed by atoms with Crippen LogP contribution in [0.1, 0.15) is 27.6 Å². The fraction of sp³-hybridized carbons (Fsp3) is 0.0870. The van der Waals surface area contributed by atoms with Gasteiger partial charge in [-0.25, -0.2) is 18.2 Å². The zero-order chi connectivity index (χ0) is 24.3. The maximum Gasteiger partial charge on any atom is 0.338 e. The van der Waals surface area contributed by atoms with Crippen LogP contribution in [0.25, 0.3) is 10.2 Å². The Morgan fingerprint density at radius 3 is 2.53 bits per heavy atom. The summed E-state index contributed by atoms with van der Waals surface area (Å²) in [6, 6.07) is 16.8. The predicted octanol–water partition coefficient (Wildman–Crippen LogP) is 5.18. The molecule has 4 aromatic rings. The van der Waals surface area contributed by atoms with E-state index in [1.165, 1.54) is 47.7 Å². The molecule has 0 radical (unpaired) electrons. The molecular formula is C23H18ClN3O5S2. The summed E-state index contributed by atoms with van der Waals surface area (Å²) in [5, 5.41) is 3.40. The van der Waals surface area contributed by atoms with E-state index in [9.17, 15) is 18.0 Å². The number of carbonyl (C=O) groups excluding carboxylic acids is 2. The van der Waals surface area contributed by atoms with Crippen LogP contribution in [0.2, 0.25) is 5.02 Å². The number of hydrogen-bond acceptors (Lipinski definition) is 7. The Hall–Kier alpha value is -3.47. The van der Waals surface area contributed by atoms with Crippen molar-refractivity contribution in [3.05, 3.63) is 82.9 Å². The summed E-state index contributed by atoms with van der Waals surface area (Å²) in [7, 11) is -3.94. The van der Waals surface area contributed by atoms with Gasteiger partial charge in [0, 0.05) is 5.02 Å². The lowest BCUT2D eigenvalue weighted by Crippen LogP contribution is -2.18. The molecule has 0 aliphatic rings. The second-order valence-electron chi connectivity index (χ2n) is 6.98. The van der Waals surface area contributed by atoms with Gasteiger partial charge in [0.2, 0.25) is 0 Å². The Morgan fingerprint density at radius 1 is 1.06 bits per heavy atom. The van der Waals surface area contributed by atoms with Crippen molar-refractivity contribution < 1.29 is 22.7 Å². The normalized spacial score (nSPS) is 11.2. The fourth-order valence-electron chi connectivity index (χ4n) is 3.07. The molecule has 1 amide bonds. The molecule has 0 unspecified atom stereocenters. The third-order valence-electron chi connectivity index (χ3n) is 4.66. The molecule has 0 spiro atoms. The quantitative estimate of drug-likeness (QED) is 0.328. The molecule has 0 fully saturated rings. The molecule has 1 heterocycles. The summed E-state index contributed by atoms with van der Waals surface area (Å²) in [6.45, 7) is 1.99. The number of fused-ring (bicyclic) bond motifs is 1. The van der Waals surface area contributed by atoms with Crippen LogP contribution >= 0.6 is 22.9 Å². The minimum atomic E-state index is -3.94. The van der Waals surface area contributed by atoms with Crippen LogP contribution in [-0.2, 0) is 14.8 Å². The minimum Gasteiger partial charge on any atom is -0.462 e. The maximum absolute atomic E-state index is 13.0. The Bertz CT molecular complexity index is 1480. The fourth-order valence-corrected chi connectivity index (χ4v) is 5.18. The second-order valence-corrected chi connectivity index (χ2v) is 10.1. The van der Waals surface area contributed by atoms with Crippen molar-refractivity contribution >= 4 is 65.9 Å². The summed E-state index contributed by atoms with van der Waals surface area (Å²) in [6.07, 6.45) is 0. The van der Waals surface area contributed by atoms with Crippen LogP contribution in [-0.4, -0.2) is 31.9 Å². The molecule has 8 nitrogen and oxygen atoms in total. The van der Waals surface area contributed by atoms with E-state index in [0.717, 1.165) is 0 Å².